The lowest BCUT2D eigenvalue weighted by Crippen LogP contribution is -2.39. The molecule has 1 aliphatic rings. The van der Waals surface area contributed by atoms with Crippen molar-refractivity contribution in [2.75, 3.05) is 13.1 Å². The van der Waals surface area contributed by atoms with E-state index in [0.717, 1.165) is 5.56 Å². The number of ether oxygens (including phenoxy) is 1. The molecule has 2 rings (SSSR count). The van der Waals surface area contributed by atoms with E-state index in [0.29, 0.717) is 30.8 Å². The monoisotopic (exact) mass is 281 g/mol. The van der Waals surface area contributed by atoms with Crippen LogP contribution in [0.4, 0.5) is 4.79 Å². The highest BCUT2D eigenvalue weighted by Gasteiger charge is 2.21. The van der Waals surface area contributed by atoms with Crippen LogP contribution in [0.1, 0.15) is 18.4 Å². The highest BCUT2D eigenvalue weighted by Crippen LogP contribution is 2.09. The van der Waals surface area contributed by atoms with Gasteiger partial charge in [-0.2, -0.15) is 8.42 Å². The molecule has 1 aromatic rings. The minimum Gasteiger partial charge on any atom is -0.445 e. The molecule has 1 saturated heterocycles. The van der Waals surface area contributed by atoms with Gasteiger partial charge in [-0.3, -0.25) is 0 Å². The highest BCUT2D eigenvalue weighted by atomic mass is 32.2. The number of rotatable bonds is 2. The predicted molar refractivity (Wildman–Crippen MR) is 71.4 cm³/mol. The summed E-state index contributed by atoms with van der Waals surface area (Å²) in [6.45, 7) is 1.04. The summed E-state index contributed by atoms with van der Waals surface area (Å²) in [7, 11) is -2.13. The molecule has 0 atom stereocenters. The van der Waals surface area contributed by atoms with Crippen LogP contribution in [0.25, 0.3) is 0 Å². The molecule has 5 nitrogen and oxygen atoms in total. The summed E-state index contributed by atoms with van der Waals surface area (Å²) in [5.41, 5.74) is 0.931. The largest absolute Gasteiger partial charge is 0.445 e. The smallest absolute Gasteiger partial charge is 0.410 e. The van der Waals surface area contributed by atoms with Gasteiger partial charge in [0.05, 0.1) is 4.86 Å². The summed E-state index contributed by atoms with van der Waals surface area (Å²) >= 11 is 0. The molecule has 1 aromatic carbocycles. The number of likely N-dealkylation sites (tertiary alicyclic amines) is 1. The van der Waals surface area contributed by atoms with Crippen molar-refractivity contribution < 1.29 is 17.9 Å². The molecular weight excluding hydrogens is 266 g/mol. The number of piperidine rings is 1. The van der Waals surface area contributed by atoms with E-state index < -0.39 is 10.3 Å². The van der Waals surface area contributed by atoms with E-state index in [-0.39, 0.29) is 12.7 Å². The average molecular weight is 281 g/mol. The predicted octanol–water partition coefficient (Wildman–Crippen LogP) is 1.47. The third kappa shape index (κ3) is 3.82. The lowest BCUT2D eigenvalue weighted by molar-refractivity contribution is 0.0962. The maximum absolute atomic E-state index is 11.8. The topological polar surface area (TPSA) is 63.7 Å². The maximum atomic E-state index is 11.8. The van der Waals surface area contributed by atoms with E-state index in [4.69, 9.17) is 4.74 Å². The Kier molecular flexibility index (Phi) is 4.57. The fraction of sp³-hybridized carbons (Fsp3) is 0.385. The second kappa shape index (κ2) is 6.38. The van der Waals surface area contributed by atoms with Gasteiger partial charge in [-0.15, -0.1) is 0 Å². The van der Waals surface area contributed by atoms with Gasteiger partial charge in [-0.1, -0.05) is 30.3 Å². The number of hydrogen-bond acceptors (Lipinski definition) is 4. The molecule has 1 amide bonds. The van der Waals surface area contributed by atoms with Crippen molar-refractivity contribution >= 4 is 21.3 Å². The van der Waals surface area contributed by atoms with Crippen molar-refractivity contribution in [2.24, 2.45) is 0 Å². The first kappa shape index (κ1) is 13.6. The van der Waals surface area contributed by atoms with Crippen molar-refractivity contribution in [1.82, 2.24) is 4.90 Å². The van der Waals surface area contributed by atoms with Crippen LogP contribution in [0.5, 0.6) is 0 Å². The van der Waals surface area contributed by atoms with Crippen LogP contribution in [0.3, 0.4) is 0 Å². The molecule has 0 bridgehead atoms. The maximum Gasteiger partial charge on any atom is 0.410 e. The van der Waals surface area contributed by atoms with Crippen molar-refractivity contribution in [3.8, 4) is 0 Å². The summed E-state index contributed by atoms with van der Waals surface area (Å²) in [5.74, 6) is 0. The van der Waals surface area contributed by atoms with Crippen molar-refractivity contribution in [2.45, 2.75) is 19.4 Å². The Morgan fingerprint density at radius 2 is 1.79 bits per heavy atom. The Morgan fingerprint density at radius 1 is 1.16 bits per heavy atom. The van der Waals surface area contributed by atoms with Gasteiger partial charge in [0.25, 0.3) is 0 Å². The van der Waals surface area contributed by atoms with E-state index in [1.807, 2.05) is 30.3 Å². The Hall–Kier alpha value is -1.82. The second-order valence-corrected chi connectivity index (χ2v) is 5.35. The summed E-state index contributed by atoms with van der Waals surface area (Å²) in [4.78, 5) is 13.8. The molecule has 0 aromatic heterocycles. The average Bonchev–Trinajstić information content (AvgIpc) is 2.46. The molecule has 1 heterocycles. The molecule has 1 aliphatic heterocycles. The standard InChI is InChI=1S/C13H15NO4S/c15-13(18-10-11-4-2-1-3-5-11)14-8-6-12(7-9-14)19(16)17/h1-5H,6-10H2. The Labute approximate surface area is 113 Å². The molecule has 0 N–H and O–H groups in total. The first-order chi connectivity index (χ1) is 9.16. The molecule has 1 fully saturated rings. The fourth-order valence-corrected chi connectivity index (χ4v) is 2.43. The number of benzene rings is 1. The van der Waals surface area contributed by atoms with E-state index in [1.54, 1.807) is 4.90 Å². The third-order valence-electron chi connectivity index (χ3n) is 3.02. The zero-order valence-electron chi connectivity index (χ0n) is 10.4. The Bertz CT molecular complexity index is 562. The molecule has 0 unspecified atom stereocenters. The Morgan fingerprint density at radius 3 is 2.37 bits per heavy atom. The normalized spacial score (nSPS) is 15.2. The first-order valence-corrected chi connectivity index (χ1v) is 7.14. The van der Waals surface area contributed by atoms with Crippen LogP contribution in [-0.4, -0.2) is 37.4 Å². The van der Waals surface area contributed by atoms with Gasteiger partial charge in [0.15, 0.2) is 0 Å². The van der Waals surface area contributed by atoms with E-state index in [1.165, 1.54) is 0 Å². The van der Waals surface area contributed by atoms with Gasteiger partial charge in [-0.05, 0) is 5.56 Å². The highest BCUT2D eigenvalue weighted by molar-refractivity contribution is 7.73. The van der Waals surface area contributed by atoms with Gasteiger partial charge < -0.3 is 9.64 Å². The third-order valence-corrected chi connectivity index (χ3v) is 3.90. The first-order valence-electron chi connectivity index (χ1n) is 6.06. The lowest BCUT2D eigenvalue weighted by Gasteiger charge is -2.26. The molecule has 102 valence electrons. The van der Waals surface area contributed by atoms with Crippen LogP contribution < -0.4 is 0 Å². The van der Waals surface area contributed by atoms with Crippen molar-refractivity contribution in [3.05, 3.63) is 35.9 Å². The van der Waals surface area contributed by atoms with Gasteiger partial charge in [-0.25, -0.2) is 4.79 Å². The SMILES string of the molecule is O=C(OCc1ccccc1)N1CCC(=S(=O)=O)CC1. The summed E-state index contributed by atoms with van der Waals surface area (Å²) in [5, 5.41) is 0. The van der Waals surface area contributed by atoms with E-state index in [9.17, 15) is 13.2 Å². The van der Waals surface area contributed by atoms with E-state index >= 15 is 0 Å². The number of carbonyl (C=O) groups is 1. The van der Waals surface area contributed by atoms with Gasteiger partial charge >= 0.3 is 6.09 Å². The summed E-state index contributed by atoms with van der Waals surface area (Å²) in [6.07, 6.45) is 0.409. The summed E-state index contributed by atoms with van der Waals surface area (Å²) < 4.78 is 26.7. The molecule has 6 heteroatoms. The van der Waals surface area contributed by atoms with E-state index in [2.05, 4.69) is 0 Å². The van der Waals surface area contributed by atoms with Gasteiger partial charge in [0, 0.05) is 25.9 Å². The number of nitrogens with zero attached hydrogens (tertiary/aromatic N) is 1. The van der Waals surface area contributed by atoms with Crippen molar-refractivity contribution in [3.63, 3.8) is 0 Å². The minimum absolute atomic E-state index is 0.236. The number of hydrogen-bond donors (Lipinski definition) is 0. The minimum atomic E-state index is -2.13. The molecule has 0 aliphatic carbocycles. The van der Waals surface area contributed by atoms with Crippen LogP contribution >= 0.6 is 0 Å². The van der Waals surface area contributed by atoms with Crippen LogP contribution in [0.15, 0.2) is 30.3 Å². The number of carbonyl (C=O) groups excluding carboxylic acids is 1. The molecule has 0 saturated carbocycles. The molecule has 0 spiro atoms. The van der Waals surface area contributed by atoms with Crippen LogP contribution in [0, 0.1) is 0 Å². The fourth-order valence-electron chi connectivity index (χ4n) is 1.92. The zero-order valence-corrected chi connectivity index (χ0v) is 11.2. The Balaban J connectivity index is 1.84. The van der Waals surface area contributed by atoms with Crippen LogP contribution in [-0.2, 0) is 21.6 Å². The molecular formula is C13H15NO4S. The van der Waals surface area contributed by atoms with Gasteiger partial charge in [0.1, 0.15) is 6.61 Å². The summed E-state index contributed by atoms with van der Waals surface area (Å²) in [6, 6.07) is 9.44. The lowest BCUT2D eigenvalue weighted by atomic mass is 10.1. The quantitative estimate of drug-likeness (QED) is 0.770. The van der Waals surface area contributed by atoms with Gasteiger partial charge in [0.2, 0.25) is 10.3 Å². The second-order valence-electron chi connectivity index (χ2n) is 4.30. The van der Waals surface area contributed by atoms with Crippen molar-refractivity contribution in [1.29, 1.82) is 0 Å². The number of amides is 1. The zero-order chi connectivity index (χ0) is 13.7. The van der Waals surface area contributed by atoms with Crippen LogP contribution in [0.2, 0.25) is 0 Å². The molecule has 0 radical (unpaired) electrons. The molecule has 19 heavy (non-hydrogen) atoms.